The highest BCUT2D eigenvalue weighted by Crippen LogP contribution is 2.41. The predicted molar refractivity (Wildman–Crippen MR) is 293 cm³/mol. The molecule has 3 N–H and O–H groups in total. The van der Waals surface area contributed by atoms with Crippen LogP contribution in [0.1, 0.15) is 108 Å². The number of nitrogens with zero attached hydrogens (tertiary/aromatic N) is 9. The number of fused-ring (bicyclic) bond motifs is 3. The van der Waals surface area contributed by atoms with E-state index in [0.717, 1.165) is 137 Å². The molecule has 6 heterocycles. The number of anilines is 3. The van der Waals surface area contributed by atoms with Gasteiger partial charge in [-0.2, -0.15) is 0 Å². The van der Waals surface area contributed by atoms with Crippen LogP contribution in [-0.2, 0) is 0 Å². The molecular formula is C57H66F3N9O9. The zero-order valence-corrected chi connectivity index (χ0v) is 44.2. The van der Waals surface area contributed by atoms with Crippen molar-refractivity contribution in [3.63, 3.8) is 0 Å². The minimum Gasteiger partial charge on any atom is -0.477 e. The van der Waals surface area contributed by atoms with Gasteiger partial charge in [-0.05, 0) is 94.6 Å². The number of benzene rings is 3. The monoisotopic (exact) mass is 1080 g/mol. The van der Waals surface area contributed by atoms with Gasteiger partial charge in [0.1, 0.15) is 34.1 Å². The minimum absolute atomic E-state index is 0.144. The van der Waals surface area contributed by atoms with Gasteiger partial charge in [0.25, 0.3) is 0 Å². The molecule has 0 atom stereocenters. The van der Waals surface area contributed by atoms with Crippen LogP contribution in [0.5, 0.6) is 0 Å². The lowest BCUT2D eigenvalue weighted by atomic mass is 10.1. The van der Waals surface area contributed by atoms with Gasteiger partial charge in [-0.15, -0.1) is 0 Å². The molecule has 3 saturated carbocycles. The van der Waals surface area contributed by atoms with Crippen molar-refractivity contribution in [1.82, 2.24) is 28.4 Å². The molecule has 3 aliphatic carbocycles. The third-order valence-electron chi connectivity index (χ3n) is 16.3. The van der Waals surface area contributed by atoms with E-state index in [1.54, 1.807) is 18.2 Å². The first-order chi connectivity index (χ1) is 37.5. The average Bonchev–Trinajstić information content (AvgIpc) is 4.42. The lowest BCUT2D eigenvalue weighted by molar-refractivity contribution is 0.0684. The predicted octanol–water partition coefficient (Wildman–Crippen LogP) is 6.95. The van der Waals surface area contributed by atoms with E-state index in [1.807, 2.05) is 28.4 Å². The second kappa shape index (κ2) is 22.3. The second-order valence-corrected chi connectivity index (χ2v) is 21.2. The Morgan fingerprint density at radius 2 is 0.641 bits per heavy atom. The number of carboxylic acid groups (broad SMARTS) is 3. The zero-order valence-electron chi connectivity index (χ0n) is 44.2. The van der Waals surface area contributed by atoms with Gasteiger partial charge in [-0.3, -0.25) is 14.4 Å². The van der Waals surface area contributed by atoms with Crippen molar-refractivity contribution in [2.24, 2.45) is 0 Å². The van der Waals surface area contributed by atoms with Crippen LogP contribution in [0.15, 0.2) is 69.4 Å². The largest absolute Gasteiger partial charge is 0.477 e. The second-order valence-electron chi connectivity index (χ2n) is 21.2. The summed E-state index contributed by atoms with van der Waals surface area (Å²) in [6.07, 6.45) is 9.91. The smallest absolute Gasteiger partial charge is 0.341 e. The number of carbonyl (C=O) groups is 3. The van der Waals surface area contributed by atoms with Crippen LogP contribution in [-0.4, -0.2) is 160 Å². The lowest BCUT2D eigenvalue weighted by Gasteiger charge is -2.35. The molecule has 0 unspecified atom stereocenters. The van der Waals surface area contributed by atoms with Crippen molar-refractivity contribution in [2.45, 2.75) is 77.4 Å². The van der Waals surface area contributed by atoms with Gasteiger partial charge in [0.15, 0.2) is 0 Å². The summed E-state index contributed by atoms with van der Waals surface area (Å²) in [5.41, 5.74) is 0.585. The zero-order chi connectivity index (χ0) is 55.3. The van der Waals surface area contributed by atoms with E-state index in [1.165, 1.54) is 36.8 Å². The fourth-order valence-corrected chi connectivity index (χ4v) is 11.1. The molecule has 6 aliphatic rings. The Hall–Kier alpha value is -7.23. The van der Waals surface area contributed by atoms with Crippen LogP contribution in [0.25, 0.3) is 32.7 Å². The van der Waals surface area contributed by atoms with Crippen LogP contribution in [0.3, 0.4) is 0 Å². The van der Waals surface area contributed by atoms with Crippen LogP contribution < -0.4 is 31.0 Å². The molecule has 0 spiro atoms. The summed E-state index contributed by atoms with van der Waals surface area (Å²) in [7, 11) is 0. The van der Waals surface area contributed by atoms with Gasteiger partial charge in [0.05, 0.1) is 33.6 Å². The van der Waals surface area contributed by atoms with E-state index >= 15 is 0 Å². The molecule has 6 aromatic rings. The van der Waals surface area contributed by atoms with E-state index in [4.69, 9.17) is 0 Å². The maximum Gasteiger partial charge on any atom is 0.341 e. The van der Waals surface area contributed by atoms with Crippen molar-refractivity contribution in [2.75, 3.05) is 113 Å². The standard InChI is InChI=1S/3C19H22FN3O3/c3*1-2-21-5-7-22(8-6-21)17-10-16-13(9-15(17)20)18(24)14(19(25)26)11-23(16)12-3-4-12/h3*9-12H,2-8H2,1H3,(H,25,26). The number of rotatable bonds is 12. The Bertz CT molecular complexity index is 3150. The maximum atomic E-state index is 14.8. The highest BCUT2D eigenvalue weighted by Gasteiger charge is 2.32. The van der Waals surface area contributed by atoms with E-state index in [0.29, 0.717) is 33.6 Å². The van der Waals surface area contributed by atoms with Crippen LogP contribution >= 0.6 is 0 Å². The first-order valence-electron chi connectivity index (χ1n) is 27.2. The number of piperazine rings is 3. The number of aromatic nitrogens is 3. The quantitative estimate of drug-likeness (QED) is 0.114. The topological polar surface area (TPSA) is 197 Å². The molecule has 3 saturated heterocycles. The number of carboxylic acids is 3. The summed E-state index contributed by atoms with van der Waals surface area (Å²) in [5, 5.41) is 28.4. The van der Waals surface area contributed by atoms with Gasteiger partial charge in [-0.25, -0.2) is 27.6 Å². The van der Waals surface area contributed by atoms with Crippen molar-refractivity contribution in [1.29, 1.82) is 0 Å². The molecule has 0 amide bonds. The van der Waals surface area contributed by atoms with Crippen LogP contribution in [0.4, 0.5) is 30.2 Å². The summed E-state index contributed by atoms with van der Waals surface area (Å²) in [6, 6.07) is 9.36. The molecule has 78 heavy (non-hydrogen) atoms. The Kier molecular flexibility index (Phi) is 15.4. The number of hydrogen-bond acceptors (Lipinski definition) is 12. The normalized spacial score (nSPS) is 18.5. The summed E-state index contributed by atoms with van der Waals surface area (Å²) < 4.78 is 49.9. The molecule has 3 aromatic heterocycles. The maximum absolute atomic E-state index is 14.8. The molecule has 0 radical (unpaired) electrons. The summed E-state index contributed by atoms with van der Waals surface area (Å²) in [4.78, 5) is 84.7. The molecule has 3 aromatic carbocycles. The van der Waals surface area contributed by atoms with E-state index in [9.17, 15) is 57.3 Å². The molecule has 3 aliphatic heterocycles. The Labute approximate surface area is 447 Å². The Morgan fingerprint density at radius 1 is 0.410 bits per heavy atom. The Morgan fingerprint density at radius 3 is 0.833 bits per heavy atom. The van der Waals surface area contributed by atoms with Gasteiger partial charge < -0.3 is 58.4 Å². The third-order valence-corrected chi connectivity index (χ3v) is 16.3. The first kappa shape index (κ1) is 54.1. The fourth-order valence-electron chi connectivity index (χ4n) is 11.1. The molecule has 414 valence electrons. The SMILES string of the molecule is CCN1CCN(c2cc3c(cc2F)c(=O)c(C(=O)O)cn3C2CC2)CC1.CCN1CCN(c2cc3c(cc2F)c(=O)c(C(=O)O)cn3C2CC2)CC1.CCN1CCN(c2cc3c(cc2F)c(=O)c(C(=O)O)cn3C2CC2)CC1. The van der Waals surface area contributed by atoms with Crippen LogP contribution in [0, 0.1) is 17.5 Å². The summed E-state index contributed by atoms with van der Waals surface area (Å²) in [5.74, 6) is -5.22. The van der Waals surface area contributed by atoms with Gasteiger partial charge in [0, 0.05) is 131 Å². The highest BCUT2D eigenvalue weighted by atomic mass is 19.1. The molecular weight excluding hydrogens is 1010 g/mol. The first-order valence-corrected chi connectivity index (χ1v) is 27.2. The van der Waals surface area contributed by atoms with Crippen molar-refractivity contribution in [3.05, 3.63) is 120 Å². The van der Waals surface area contributed by atoms with E-state index < -0.39 is 51.6 Å². The fraction of sp³-hybridized carbons (Fsp3) is 0.474. The lowest BCUT2D eigenvalue weighted by Crippen LogP contribution is -2.46. The number of likely N-dealkylation sites (N-methyl/N-ethyl adjacent to an activating group) is 3. The third kappa shape index (κ3) is 11.0. The Balaban J connectivity index is 0.000000132. The van der Waals surface area contributed by atoms with E-state index in [2.05, 4.69) is 35.5 Å². The molecule has 18 nitrogen and oxygen atoms in total. The van der Waals surface area contributed by atoms with Crippen molar-refractivity contribution < 1.29 is 42.9 Å². The van der Waals surface area contributed by atoms with Crippen molar-refractivity contribution in [3.8, 4) is 0 Å². The number of pyridine rings is 3. The molecule has 6 fully saturated rings. The van der Waals surface area contributed by atoms with Crippen LogP contribution in [0.2, 0.25) is 0 Å². The molecule has 21 heteroatoms. The minimum atomic E-state index is -1.27. The number of aromatic carboxylic acids is 3. The highest BCUT2D eigenvalue weighted by molar-refractivity contribution is 5.96. The molecule has 12 rings (SSSR count). The van der Waals surface area contributed by atoms with Crippen molar-refractivity contribution >= 4 is 67.7 Å². The average molecular weight is 1080 g/mol. The van der Waals surface area contributed by atoms with E-state index in [-0.39, 0.29) is 51.0 Å². The molecule has 0 bridgehead atoms. The number of halogens is 3. The summed E-state index contributed by atoms with van der Waals surface area (Å²) in [6.45, 7) is 18.9. The van der Waals surface area contributed by atoms with Gasteiger partial charge in [-0.1, -0.05) is 20.8 Å². The van der Waals surface area contributed by atoms with Gasteiger partial charge >= 0.3 is 17.9 Å². The van der Waals surface area contributed by atoms with Gasteiger partial charge in [0.2, 0.25) is 16.3 Å². The number of hydrogen-bond donors (Lipinski definition) is 3. The summed E-state index contributed by atoms with van der Waals surface area (Å²) >= 11 is 0.